The summed E-state index contributed by atoms with van der Waals surface area (Å²) < 4.78 is 10.1. The Morgan fingerprint density at radius 2 is 1.85 bits per heavy atom. The molecule has 0 saturated carbocycles. The minimum Gasteiger partial charge on any atom is -0.386 e. The van der Waals surface area contributed by atoms with Crippen LogP contribution in [0.5, 0.6) is 0 Å². The van der Waals surface area contributed by atoms with Gasteiger partial charge < -0.3 is 14.6 Å². The lowest BCUT2D eigenvalue weighted by molar-refractivity contribution is -0.0211. The third-order valence-electron chi connectivity index (χ3n) is 3.15. The molecule has 0 radical (unpaired) electrons. The summed E-state index contributed by atoms with van der Waals surface area (Å²) in [5.74, 6) is 0. The smallest absolute Gasteiger partial charge is 0.146 e. The Kier molecular flexibility index (Phi) is 10.3. The molecule has 20 heavy (non-hydrogen) atoms. The first-order valence-corrected chi connectivity index (χ1v) is 7.15. The average molecular weight is 282 g/mol. The molecule has 0 heterocycles. The lowest BCUT2D eigenvalue weighted by Gasteiger charge is -2.16. The first-order valence-electron chi connectivity index (χ1n) is 7.15. The van der Waals surface area contributed by atoms with Gasteiger partial charge in [-0.15, -0.1) is 6.58 Å². The summed E-state index contributed by atoms with van der Waals surface area (Å²) in [4.78, 5) is 0. The molecule has 0 aromatic rings. The van der Waals surface area contributed by atoms with Gasteiger partial charge in [-0.3, -0.25) is 0 Å². The van der Waals surface area contributed by atoms with Crippen LogP contribution in [0.4, 0.5) is 0 Å². The first kappa shape index (κ1) is 19.1. The molecule has 0 aliphatic rings. The summed E-state index contributed by atoms with van der Waals surface area (Å²) in [6.45, 7) is 10.6. The normalized spacial score (nSPS) is 16.1. The summed E-state index contributed by atoms with van der Waals surface area (Å²) in [7, 11) is 1.62. The fraction of sp³-hybridized carbons (Fsp3) is 0.647. The number of allylic oxidation sites excluding steroid dienone is 3. The standard InChI is InChI=1S/C17H30O3/c1-6-17(4,18)12-8-11-15(2)9-7-10-16(3)13-20-14-19-5/h6,10-11,18H,1,7-9,12-14H2,2-5H3/b15-11+,16-10+. The van der Waals surface area contributed by atoms with E-state index in [-0.39, 0.29) is 0 Å². The lowest BCUT2D eigenvalue weighted by Crippen LogP contribution is -2.19. The summed E-state index contributed by atoms with van der Waals surface area (Å²) >= 11 is 0. The molecule has 3 nitrogen and oxygen atoms in total. The number of methoxy groups -OCH3 is 1. The number of aliphatic hydroxyl groups is 1. The Balaban J connectivity index is 3.88. The molecule has 1 unspecified atom stereocenters. The van der Waals surface area contributed by atoms with Crippen LogP contribution in [0.1, 0.15) is 46.5 Å². The second kappa shape index (κ2) is 10.8. The van der Waals surface area contributed by atoms with Crippen molar-refractivity contribution in [2.24, 2.45) is 0 Å². The van der Waals surface area contributed by atoms with Crippen LogP contribution in [0.15, 0.2) is 36.0 Å². The monoisotopic (exact) mass is 282 g/mol. The predicted molar refractivity (Wildman–Crippen MR) is 84.6 cm³/mol. The molecule has 0 saturated heterocycles. The van der Waals surface area contributed by atoms with E-state index in [0.717, 1.165) is 19.3 Å². The summed E-state index contributed by atoms with van der Waals surface area (Å²) in [6.07, 6.45) is 9.65. The zero-order valence-corrected chi connectivity index (χ0v) is 13.4. The molecule has 0 spiro atoms. The van der Waals surface area contributed by atoms with Gasteiger partial charge in [0, 0.05) is 7.11 Å². The molecular formula is C17H30O3. The van der Waals surface area contributed by atoms with Gasteiger partial charge in [-0.25, -0.2) is 0 Å². The minimum absolute atomic E-state index is 0.341. The van der Waals surface area contributed by atoms with Crippen LogP contribution in [0.2, 0.25) is 0 Å². The van der Waals surface area contributed by atoms with Gasteiger partial charge in [0.2, 0.25) is 0 Å². The fourth-order valence-corrected chi connectivity index (χ4v) is 1.71. The van der Waals surface area contributed by atoms with Gasteiger partial charge in [-0.1, -0.05) is 29.4 Å². The van der Waals surface area contributed by atoms with E-state index in [1.54, 1.807) is 20.1 Å². The van der Waals surface area contributed by atoms with Crippen molar-refractivity contribution in [2.75, 3.05) is 20.5 Å². The molecule has 0 fully saturated rings. The van der Waals surface area contributed by atoms with Crippen molar-refractivity contribution in [1.29, 1.82) is 0 Å². The van der Waals surface area contributed by atoms with Crippen LogP contribution in [-0.4, -0.2) is 31.2 Å². The van der Waals surface area contributed by atoms with E-state index < -0.39 is 5.60 Å². The molecule has 0 rings (SSSR count). The van der Waals surface area contributed by atoms with Crippen molar-refractivity contribution in [1.82, 2.24) is 0 Å². The molecule has 0 aliphatic heterocycles. The quantitative estimate of drug-likeness (QED) is 0.354. The Hall–Kier alpha value is -0.900. The van der Waals surface area contributed by atoms with Gasteiger partial charge in [0.1, 0.15) is 6.79 Å². The second-order valence-electron chi connectivity index (χ2n) is 5.49. The van der Waals surface area contributed by atoms with E-state index in [4.69, 9.17) is 9.47 Å². The van der Waals surface area contributed by atoms with Crippen molar-refractivity contribution in [2.45, 2.75) is 52.1 Å². The molecule has 1 N–H and O–H groups in total. The fourth-order valence-electron chi connectivity index (χ4n) is 1.71. The molecule has 0 amide bonds. The number of hydrogen-bond acceptors (Lipinski definition) is 3. The molecular weight excluding hydrogens is 252 g/mol. The van der Waals surface area contributed by atoms with Crippen LogP contribution >= 0.6 is 0 Å². The third-order valence-corrected chi connectivity index (χ3v) is 3.15. The van der Waals surface area contributed by atoms with Gasteiger partial charge in [0.05, 0.1) is 12.2 Å². The maximum atomic E-state index is 9.81. The van der Waals surface area contributed by atoms with Crippen molar-refractivity contribution < 1.29 is 14.6 Å². The van der Waals surface area contributed by atoms with E-state index in [2.05, 4.69) is 32.6 Å². The summed E-state index contributed by atoms with van der Waals surface area (Å²) in [5.41, 5.74) is 1.82. The SMILES string of the molecule is C=CC(C)(O)CC/C=C(\C)CC/C=C(\C)COCOC. The van der Waals surface area contributed by atoms with Crippen molar-refractivity contribution in [3.05, 3.63) is 36.0 Å². The molecule has 3 heteroatoms. The Labute approximate surface area is 124 Å². The summed E-state index contributed by atoms with van der Waals surface area (Å²) in [6, 6.07) is 0. The zero-order chi connectivity index (χ0) is 15.4. The highest BCUT2D eigenvalue weighted by molar-refractivity contribution is 5.04. The minimum atomic E-state index is -0.758. The highest BCUT2D eigenvalue weighted by Crippen LogP contribution is 2.15. The van der Waals surface area contributed by atoms with Crippen molar-refractivity contribution in [3.63, 3.8) is 0 Å². The number of ether oxygens (including phenoxy) is 2. The van der Waals surface area contributed by atoms with E-state index in [1.807, 2.05) is 0 Å². The average Bonchev–Trinajstić information content (AvgIpc) is 2.39. The van der Waals surface area contributed by atoms with Crippen LogP contribution in [0.3, 0.4) is 0 Å². The highest BCUT2D eigenvalue weighted by atomic mass is 16.7. The van der Waals surface area contributed by atoms with E-state index in [0.29, 0.717) is 19.8 Å². The second-order valence-corrected chi connectivity index (χ2v) is 5.49. The molecule has 0 aromatic heterocycles. The van der Waals surface area contributed by atoms with Crippen LogP contribution in [0, 0.1) is 0 Å². The maximum absolute atomic E-state index is 9.81. The van der Waals surface area contributed by atoms with Crippen LogP contribution < -0.4 is 0 Å². The summed E-state index contributed by atoms with van der Waals surface area (Å²) in [5, 5.41) is 9.81. The van der Waals surface area contributed by atoms with Crippen LogP contribution in [0.25, 0.3) is 0 Å². The Morgan fingerprint density at radius 1 is 1.20 bits per heavy atom. The molecule has 116 valence electrons. The topological polar surface area (TPSA) is 38.7 Å². The maximum Gasteiger partial charge on any atom is 0.146 e. The van der Waals surface area contributed by atoms with E-state index in [9.17, 15) is 5.11 Å². The Morgan fingerprint density at radius 3 is 2.45 bits per heavy atom. The van der Waals surface area contributed by atoms with Crippen LogP contribution in [-0.2, 0) is 9.47 Å². The van der Waals surface area contributed by atoms with Crippen molar-refractivity contribution >= 4 is 0 Å². The molecule has 0 aliphatic carbocycles. The zero-order valence-electron chi connectivity index (χ0n) is 13.4. The van der Waals surface area contributed by atoms with E-state index in [1.165, 1.54) is 11.1 Å². The van der Waals surface area contributed by atoms with Gasteiger partial charge in [0.15, 0.2) is 0 Å². The molecule has 0 bridgehead atoms. The number of rotatable bonds is 11. The first-order chi connectivity index (χ1) is 9.41. The van der Waals surface area contributed by atoms with Gasteiger partial charge in [-0.2, -0.15) is 0 Å². The van der Waals surface area contributed by atoms with Gasteiger partial charge >= 0.3 is 0 Å². The van der Waals surface area contributed by atoms with Gasteiger partial charge in [0.25, 0.3) is 0 Å². The molecule has 1 atom stereocenters. The number of hydrogen-bond donors (Lipinski definition) is 1. The lowest BCUT2D eigenvalue weighted by atomic mass is 9.99. The Bertz CT molecular complexity index is 327. The van der Waals surface area contributed by atoms with Gasteiger partial charge in [-0.05, 0) is 46.5 Å². The largest absolute Gasteiger partial charge is 0.386 e. The highest BCUT2D eigenvalue weighted by Gasteiger charge is 2.13. The third kappa shape index (κ3) is 11.0. The predicted octanol–water partition coefficient (Wildman–Crippen LogP) is 4.00. The molecule has 0 aromatic carbocycles. The van der Waals surface area contributed by atoms with Crippen molar-refractivity contribution in [3.8, 4) is 0 Å². The van der Waals surface area contributed by atoms with E-state index >= 15 is 0 Å².